The highest BCUT2D eigenvalue weighted by atomic mass is 16.5. The average molecular weight is 226 g/mol. The first-order chi connectivity index (χ1) is 7.48. The molecule has 4 nitrogen and oxygen atoms in total. The molecule has 0 spiro atoms. The molecule has 0 radical (unpaired) electrons. The Morgan fingerprint density at radius 3 is 2.81 bits per heavy atom. The van der Waals surface area contributed by atoms with E-state index in [2.05, 4.69) is 0 Å². The van der Waals surface area contributed by atoms with Gasteiger partial charge in [0.2, 0.25) is 5.91 Å². The number of hydrogen-bond donors (Lipinski definition) is 1. The smallest absolute Gasteiger partial charge is 0.224 e. The molecule has 0 aromatic rings. The molecule has 4 heteroatoms. The van der Waals surface area contributed by atoms with Gasteiger partial charge in [0.05, 0.1) is 12.2 Å². The van der Waals surface area contributed by atoms with Crippen LogP contribution in [-0.4, -0.2) is 42.1 Å². The van der Waals surface area contributed by atoms with Crippen molar-refractivity contribution in [2.24, 2.45) is 11.7 Å². The van der Waals surface area contributed by atoms with E-state index in [1.165, 1.54) is 12.8 Å². The minimum atomic E-state index is -0.211. The number of carbonyl (C=O) groups excluding carboxylic acids is 1. The fraction of sp³-hybridized carbons (Fsp3) is 0.917. The van der Waals surface area contributed by atoms with Gasteiger partial charge in [0, 0.05) is 25.6 Å². The Kier molecular flexibility index (Phi) is 3.22. The molecular formula is C12H22N2O2. The molecule has 1 aliphatic heterocycles. The number of carbonyl (C=O) groups is 1. The number of morpholine rings is 1. The summed E-state index contributed by atoms with van der Waals surface area (Å²) in [6, 6.07) is 0.0680. The minimum absolute atomic E-state index is 0.0680. The van der Waals surface area contributed by atoms with Crippen LogP contribution in [0.4, 0.5) is 0 Å². The van der Waals surface area contributed by atoms with Crippen LogP contribution in [0, 0.1) is 5.92 Å². The average Bonchev–Trinajstić information content (AvgIpc) is 2.98. The SMILES string of the molecule is CC1(C)CN(C(=O)CC(N)C2CC2)CCO1. The quantitative estimate of drug-likeness (QED) is 0.772. The molecule has 1 heterocycles. The Morgan fingerprint density at radius 2 is 2.25 bits per heavy atom. The van der Waals surface area contributed by atoms with E-state index in [9.17, 15) is 4.79 Å². The van der Waals surface area contributed by atoms with Gasteiger partial charge in [0.1, 0.15) is 0 Å². The van der Waals surface area contributed by atoms with Gasteiger partial charge in [-0.3, -0.25) is 4.79 Å². The fourth-order valence-corrected chi connectivity index (χ4v) is 2.25. The van der Waals surface area contributed by atoms with Crippen molar-refractivity contribution < 1.29 is 9.53 Å². The third-order valence-corrected chi connectivity index (χ3v) is 3.42. The zero-order valence-electron chi connectivity index (χ0n) is 10.2. The van der Waals surface area contributed by atoms with Crippen LogP contribution in [0.3, 0.4) is 0 Å². The zero-order valence-corrected chi connectivity index (χ0v) is 10.2. The number of amides is 1. The molecule has 1 aliphatic carbocycles. The summed E-state index contributed by atoms with van der Waals surface area (Å²) < 4.78 is 5.59. The second kappa shape index (κ2) is 4.34. The van der Waals surface area contributed by atoms with Crippen LogP contribution in [-0.2, 0) is 9.53 Å². The second-order valence-electron chi connectivity index (χ2n) is 5.63. The van der Waals surface area contributed by atoms with Crippen LogP contribution in [0.15, 0.2) is 0 Å². The molecule has 2 fully saturated rings. The summed E-state index contributed by atoms with van der Waals surface area (Å²) in [6.45, 7) is 6.07. The molecule has 1 atom stereocenters. The second-order valence-corrected chi connectivity index (χ2v) is 5.63. The maximum Gasteiger partial charge on any atom is 0.224 e. The van der Waals surface area contributed by atoms with E-state index in [1.54, 1.807) is 0 Å². The summed E-state index contributed by atoms with van der Waals surface area (Å²) in [7, 11) is 0. The highest BCUT2D eigenvalue weighted by Gasteiger charge is 2.34. The van der Waals surface area contributed by atoms with Gasteiger partial charge in [0.15, 0.2) is 0 Å². The Bertz CT molecular complexity index is 274. The van der Waals surface area contributed by atoms with E-state index in [1.807, 2.05) is 18.7 Å². The summed E-state index contributed by atoms with van der Waals surface area (Å²) in [6.07, 6.45) is 2.90. The molecule has 2 N–H and O–H groups in total. The Hall–Kier alpha value is -0.610. The van der Waals surface area contributed by atoms with Gasteiger partial charge in [-0.1, -0.05) is 0 Å². The van der Waals surface area contributed by atoms with E-state index in [0.29, 0.717) is 32.0 Å². The standard InChI is InChI=1S/C12H22N2O2/c1-12(2)8-14(5-6-16-12)11(15)7-10(13)9-3-4-9/h9-10H,3-8,13H2,1-2H3. The van der Waals surface area contributed by atoms with E-state index in [0.717, 1.165) is 0 Å². The fourth-order valence-electron chi connectivity index (χ4n) is 2.25. The number of rotatable bonds is 3. The van der Waals surface area contributed by atoms with Crippen molar-refractivity contribution >= 4 is 5.91 Å². The highest BCUT2D eigenvalue weighted by Crippen LogP contribution is 2.33. The Morgan fingerprint density at radius 1 is 1.56 bits per heavy atom. The normalized spacial score (nSPS) is 26.6. The highest BCUT2D eigenvalue weighted by molar-refractivity contribution is 5.77. The van der Waals surface area contributed by atoms with Crippen molar-refractivity contribution in [1.82, 2.24) is 4.90 Å². The van der Waals surface area contributed by atoms with Crippen molar-refractivity contribution in [2.75, 3.05) is 19.7 Å². The first-order valence-electron chi connectivity index (χ1n) is 6.15. The molecule has 1 saturated heterocycles. The van der Waals surface area contributed by atoms with Gasteiger partial charge in [-0.2, -0.15) is 0 Å². The van der Waals surface area contributed by atoms with Gasteiger partial charge in [0.25, 0.3) is 0 Å². The Balaban J connectivity index is 1.83. The lowest BCUT2D eigenvalue weighted by molar-refractivity contribution is -0.146. The molecule has 1 saturated carbocycles. The van der Waals surface area contributed by atoms with Crippen LogP contribution < -0.4 is 5.73 Å². The third kappa shape index (κ3) is 2.95. The largest absolute Gasteiger partial charge is 0.372 e. The Labute approximate surface area is 97.1 Å². The van der Waals surface area contributed by atoms with Gasteiger partial charge >= 0.3 is 0 Å². The summed E-state index contributed by atoms with van der Waals surface area (Å²) in [4.78, 5) is 13.9. The molecule has 2 aliphatic rings. The summed E-state index contributed by atoms with van der Waals surface area (Å²) in [5.74, 6) is 0.786. The maximum atomic E-state index is 12.0. The van der Waals surface area contributed by atoms with Gasteiger partial charge in [-0.15, -0.1) is 0 Å². The predicted octanol–water partition coefficient (Wildman–Crippen LogP) is 0.751. The van der Waals surface area contributed by atoms with Gasteiger partial charge in [-0.05, 0) is 32.6 Å². The van der Waals surface area contributed by atoms with E-state index < -0.39 is 0 Å². The summed E-state index contributed by atoms with van der Waals surface area (Å²) in [5, 5.41) is 0. The van der Waals surface area contributed by atoms with Gasteiger partial charge in [-0.25, -0.2) is 0 Å². The van der Waals surface area contributed by atoms with E-state index in [4.69, 9.17) is 10.5 Å². The van der Waals surface area contributed by atoms with Crippen LogP contribution in [0.5, 0.6) is 0 Å². The maximum absolute atomic E-state index is 12.0. The van der Waals surface area contributed by atoms with E-state index in [-0.39, 0.29) is 17.6 Å². The number of nitrogens with zero attached hydrogens (tertiary/aromatic N) is 1. The molecule has 1 unspecified atom stereocenters. The molecule has 0 aromatic carbocycles. The van der Waals surface area contributed by atoms with Gasteiger partial charge < -0.3 is 15.4 Å². The molecule has 2 rings (SSSR count). The molecule has 92 valence electrons. The molecule has 1 amide bonds. The van der Waals surface area contributed by atoms with Crippen molar-refractivity contribution in [3.63, 3.8) is 0 Å². The monoisotopic (exact) mass is 226 g/mol. The van der Waals surface area contributed by atoms with Crippen molar-refractivity contribution in [3.05, 3.63) is 0 Å². The van der Waals surface area contributed by atoms with Crippen LogP contribution >= 0.6 is 0 Å². The number of nitrogens with two attached hydrogens (primary N) is 1. The lowest BCUT2D eigenvalue weighted by Crippen LogP contribution is -2.51. The van der Waals surface area contributed by atoms with Crippen molar-refractivity contribution in [1.29, 1.82) is 0 Å². The predicted molar refractivity (Wildman–Crippen MR) is 61.9 cm³/mol. The van der Waals surface area contributed by atoms with Crippen LogP contribution in [0.1, 0.15) is 33.1 Å². The van der Waals surface area contributed by atoms with Crippen molar-refractivity contribution in [3.8, 4) is 0 Å². The van der Waals surface area contributed by atoms with Crippen LogP contribution in [0.2, 0.25) is 0 Å². The molecular weight excluding hydrogens is 204 g/mol. The number of ether oxygens (including phenoxy) is 1. The lowest BCUT2D eigenvalue weighted by Gasteiger charge is -2.38. The molecule has 0 aromatic heterocycles. The number of hydrogen-bond acceptors (Lipinski definition) is 3. The van der Waals surface area contributed by atoms with Crippen LogP contribution in [0.25, 0.3) is 0 Å². The van der Waals surface area contributed by atoms with Crippen molar-refractivity contribution in [2.45, 2.75) is 44.8 Å². The molecule has 16 heavy (non-hydrogen) atoms. The van der Waals surface area contributed by atoms with E-state index >= 15 is 0 Å². The molecule has 0 bridgehead atoms. The first kappa shape index (κ1) is 11.9. The lowest BCUT2D eigenvalue weighted by atomic mass is 10.1. The minimum Gasteiger partial charge on any atom is -0.372 e. The zero-order chi connectivity index (χ0) is 11.8. The summed E-state index contributed by atoms with van der Waals surface area (Å²) >= 11 is 0. The topological polar surface area (TPSA) is 55.6 Å². The first-order valence-corrected chi connectivity index (χ1v) is 6.15. The summed E-state index contributed by atoms with van der Waals surface area (Å²) in [5.41, 5.74) is 5.76. The third-order valence-electron chi connectivity index (χ3n) is 3.42.